The molecule has 3 heteroatoms. The molecule has 0 spiro atoms. The van der Waals surface area contributed by atoms with Gasteiger partial charge >= 0.3 is 0 Å². The Bertz CT molecular complexity index is 379. The lowest BCUT2D eigenvalue weighted by atomic mass is 10.1. The number of halogens is 1. The molecule has 0 aromatic heterocycles. The van der Waals surface area contributed by atoms with Crippen molar-refractivity contribution in [3.05, 3.63) is 28.2 Å². The first kappa shape index (κ1) is 15.5. The van der Waals surface area contributed by atoms with Gasteiger partial charge in [0.25, 0.3) is 0 Å². The van der Waals surface area contributed by atoms with Crippen molar-refractivity contribution in [3.8, 4) is 0 Å². The molecule has 0 fully saturated rings. The maximum atomic E-state index is 3.69. The van der Waals surface area contributed by atoms with E-state index in [1.165, 1.54) is 22.1 Å². The Balaban J connectivity index is 2.84. The number of benzene rings is 1. The molecule has 0 radical (unpaired) electrons. The molecular formula is C15H25BrN2. The molecular weight excluding hydrogens is 288 g/mol. The lowest BCUT2D eigenvalue weighted by molar-refractivity contribution is 0.559. The summed E-state index contributed by atoms with van der Waals surface area (Å²) in [6, 6.07) is 7.00. The topological polar surface area (TPSA) is 15.3 Å². The normalized spacial score (nSPS) is 14.3. The van der Waals surface area contributed by atoms with Crippen molar-refractivity contribution in [1.29, 1.82) is 0 Å². The van der Waals surface area contributed by atoms with Crippen LogP contribution in [0, 0.1) is 5.92 Å². The van der Waals surface area contributed by atoms with Crippen molar-refractivity contribution in [3.63, 3.8) is 0 Å². The van der Waals surface area contributed by atoms with Gasteiger partial charge in [-0.3, -0.25) is 0 Å². The van der Waals surface area contributed by atoms with Gasteiger partial charge in [0, 0.05) is 24.1 Å². The Morgan fingerprint density at radius 2 is 2.00 bits per heavy atom. The van der Waals surface area contributed by atoms with Crippen LogP contribution in [0.15, 0.2) is 22.7 Å². The standard InChI is InChI=1S/C15H25BrN2/c1-6-11(2)10-18(5)15-8-7-13(9-14(15)16)12(3)17-4/h7-9,11-12,17H,6,10H2,1-5H3. The molecule has 2 unspecified atom stereocenters. The Labute approximate surface area is 120 Å². The predicted molar refractivity (Wildman–Crippen MR) is 84.3 cm³/mol. The minimum Gasteiger partial charge on any atom is -0.373 e. The zero-order valence-electron chi connectivity index (χ0n) is 12.1. The van der Waals surface area contributed by atoms with Gasteiger partial charge in [0.05, 0.1) is 5.69 Å². The minimum absolute atomic E-state index is 0.384. The van der Waals surface area contributed by atoms with Crippen LogP contribution >= 0.6 is 15.9 Å². The van der Waals surface area contributed by atoms with Gasteiger partial charge < -0.3 is 10.2 Å². The average molecular weight is 313 g/mol. The third-order valence-electron chi connectivity index (χ3n) is 3.60. The zero-order valence-corrected chi connectivity index (χ0v) is 13.7. The smallest absolute Gasteiger partial charge is 0.0508 e. The van der Waals surface area contributed by atoms with E-state index in [9.17, 15) is 0 Å². The van der Waals surface area contributed by atoms with Crippen LogP contribution in [-0.2, 0) is 0 Å². The van der Waals surface area contributed by atoms with Gasteiger partial charge in [0.1, 0.15) is 0 Å². The van der Waals surface area contributed by atoms with Crippen molar-refractivity contribution >= 4 is 21.6 Å². The molecule has 0 aliphatic heterocycles. The first-order valence-electron chi connectivity index (χ1n) is 6.67. The highest BCUT2D eigenvalue weighted by molar-refractivity contribution is 9.10. The van der Waals surface area contributed by atoms with E-state index in [0.29, 0.717) is 6.04 Å². The fourth-order valence-electron chi connectivity index (χ4n) is 1.96. The van der Waals surface area contributed by atoms with Crippen molar-refractivity contribution in [1.82, 2.24) is 5.32 Å². The molecule has 0 heterocycles. The van der Waals surface area contributed by atoms with Crippen LogP contribution in [-0.4, -0.2) is 20.6 Å². The van der Waals surface area contributed by atoms with E-state index < -0.39 is 0 Å². The predicted octanol–water partition coefficient (Wildman–Crippen LogP) is 4.21. The SMILES string of the molecule is CCC(C)CN(C)c1ccc(C(C)NC)cc1Br. The minimum atomic E-state index is 0.384. The summed E-state index contributed by atoms with van der Waals surface area (Å²) in [6.07, 6.45) is 1.22. The van der Waals surface area contributed by atoms with Gasteiger partial charge in [-0.05, 0) is 53.5 Å². The average Bonchev–Trinajstić information content (AvgIpc) is 2.37. The Morgan fingerprint density at radius 1 is 1.33 bits per heavy atom. The number of hydrogen-bond donors (Lipinski definition) is 1. The van der Waals surface area contributed by atoms with E-state index in [1.54, 1.807) is 0 Å². The van der Waals surface area contributed by atoms with Crippen LogP contribution in [0.3, 0.4) is 0 Å². The maximum Gasteiger partial charge on any atom is 0.0508 e. The van der Waals surface area contributed by atoms with Crippen molar-refractivity contribution < 1.29 is 0 Å². The number of hydrogen-bond acceptors (Lipinski definition) is 2. The van der Waals surface area contributed by atoms with Gasteiger partial charge in [-0.2, -0.15) is 0 Å². The number of anilines is 1. The quantitative estimate of drug-likeness (QED) is 0.846. The summed E-state index contributed by atoms with van der Waals surface area (Å²) in [5.74, 6) is 0.720. The second-order valence-electron chi connectivity index (χ2n) is 5.12. The first-order chi connectivity index (χ1) is 8.49. The number of rotatable bonds is 6. The second-order valence-corrected chi connectivity index (χ2v) is 5.97. The molecule has 18 heavy (non-hydrogen) atoms. The molecule has 0 saturated heterocycles. The van der Waals surface area contributed by atoms with Crippen molar-refractivity contribution in [2.24, 2.45) is 5.92 Å². The molecule has 0 aliphatic carbocycles. The Morgan fingerprint density at radius 3 is 2.50 bits per heavy atom. The van der Waals surface area contributed by atoms with E-state index in [2.05, 4.69) is 72.2 Å². The molecule has 1 aromatic rings. The summed E-state index contributed by atoms with van der Waals surface area (Å²) < 4.78 is 1.17. The highest BCUT2D eigenvalue weighted by Crippen LogP contribution is 2.29. The molecule has 1 N–H and O–H groups in total. The number of nitrogens with zero attached hydrogens (tertiary/aromatic N) is 1. The van der Waals surface area contributed by atoms with Crippen LogP contribution < -0.4 is 10.2 Å². The summed E-state index contributed by atoms with van der Waals surface area (Å²) in [4.78, 5) is 2.33. The lowest BCUT2D eigenvalue weighted by Crippen LogP contribution is -2.24. The molecule has 2 nitrogen and oxygen atoms in total. The third-order valence-corrected chi connectivity index (χ3v) is 4.23. The molecule has 1 rings (SSSR count). The van der Waals surface area contributed by atoms with E-state index >= 15 is 0 Å². The van der Waals surface area contributed by atoms with Gasteiger partial charge in [-0.15, -0.1) is 0 Å². The second kappa shape index (κ2) is 7.15. The van der Waals surface area contributed by atoms with Crippen LogP contribution in [0.5, 0.6) is 0 Å². The fourth-order valence-corrected chi connectivity index (χ4v) is 2.66. The Kier molecular flexibility index (Phi) is 6.16. The Hall–Kier alpha value is -0.540. The molecule has 0 aliphatic rings. The van der Waals surface area contributed by atoms with Crippen molar-refractivity contribution in [2.45, 2.75) is 33.2 Å². The van der Waals surface area contributed by atoms with Crippen LogP contribution in [0.1, 0.15) is 38.8 Å². The van der Waals surface area contributed by atoms with Crippen LogP contribution in [0.25, 0.3) is 0 Å². The molecule has 0 saturated carbocycles. The molecule has 102 valence electrons. The molecule has 1 aromatic carbocycles. The maximum absolute atomic E-state index is 3.69. The summed E-state index contributed by atoms with van der Waals surface area (Å²) in [7, 11) is 4.15. The van der Waals surface area contributed by atoms with E-state index in [0.717, 1.165) is 12.5 Å². The highest BCUT2D eigenvalue weighted by atomic mass is 79.9. The molecule has 0 bridgehead atoms. The van der Waals surface area contributed by atoms with E-state index in [-0.39, 0.29) is 0 Å². The van der Waals surface area contributed by atoms with Gasteiger partial charge in [-0.1, -0.05) is 26.3 Å². The van der Waals surface area contributed by atoms with Crippen LogP contribution in [0.4, 0.5) is 5.69 Å². The summed E-state index contributed by atoms with van der Waals surface area (Å²) in [6.45, 7) is 7.80. The number of nitrogens with one attached hydrogen (secondary N) is 1. The summed E-state index contributed by atoms with van der Waals surface area (Å²) >= 11 is 3.69. The largest absolute Gasteiger partial charge is 0.373 e. The first-order valence-corrected chi connectivity index (χ1v) is 7.46. The highest BCUT2D eigenvalue weighted by Gasteiger charge is 2.11. The molecule has 0 amide bonds. The lowest BCUT2D eigenvalue weighted by Gasteiger charge is -2.25. The fraction of sp³-hybridized carbons (Fsp3) is 0.600. The van der Waals surface area contributed by atoms with Crippen molar-refractivity contribution in [2.75, 3.05) is 25.5 Å². The summed E-state index contributed by atoms with van der Waals surface area (Å²) in [5.41, 5.74) is 2.58. The van der Waals surface area contributed by atoms with Crippen LogP contribution in [0.2, 0.25) is 0 Å². The third kappa shape index (κ3) is 3.99. The van der Waals surface area contributed by atoms with Gasteiger partial charge in [-0.25, -0.2) is 0 Å². The zero-order chi connectivity index (χ0) is 13.7. The van der Waals surface area contributed by atoms with E-state index in [4.69, 9.17) is 0 Å². The van der Waals surface area contributed by atoms with E-state index in [1.807, 2.05) is 7.05 Å². The van der Waals surface area contributed by atoms with Gasteiger partial charge in [0.15, 0.2) is 0 Å². The monoisotopic (exact) mass is 312 g/mol. The molecule has 2 atom stereocenters. The summed E-state index contributed by atoms with van der Waals surface area (Å²) in [5, 5.41) is 3.26. The van der Waals surface area contributed by atoms with Gasteiger partial charge in [0.2, 0.25) is 0 Å².